The molecule has 0 saturated heterocycles. The predicted molar refractivity (Wildman–Crippen MR) is 72.3 cm³/mol. The van der Waals surface area contributed by atoms with Gasteiger partial charge in [0.1, 0.15) is 0 Å². The second-order valence-corrected chi connectivity index (χ2v) is 5.35. The SMILES string of the molecule is CCCC1(CNC(=O)c2cnc(C)cc2N)CC1. The van der Waals surface area contributed by atoms with Crippen molar-refractivity contribution >= 4 is 11.6 Å². The predicted octanol–water partition coefficient (Wildman–Crippen LogP) is 2.28. The number of aromatic nitrogens is 1. The number of rotatable bonds is 5. The van der Waals surface area contributed by atoms with Crippen LogP contribution in [0.3, 0.4) is 0 Å². The normalized spacial score (nSPS) is 16.3. The van der Waals surface area contributed by atoms with Gasteiger partial charge in [-0.05, 0) is 37.7 Å². The van der Waals surface area contributed by atoms with Crippen LogP contribution in [0.5, 0.6) is 0 Å². The maximum atomic E-state index is 12.0. The van der Waals surface area contributed by atoms with E-state index in [1.807, 2.05) is 6.92 Å². The number of hydrogen-bond donors (Lipinski definition) is 2. The third-order valence-electron chi connectivity index (χ3n) is 3.68. The summed E-state index contributed by atoms with van der Waals surface area (Å²) in [6.45, 7) is 4.80. The molecule has 2 rings (SSSR count). The molecule has 0 radical (unpaired) electrons. The Hall–Kier alpha value is -1.58. The molecular weight excluding hydrogens is 226 g/mol. The molecule has 1 fully saturated rings. The quantitative estimate of drug-likeness (QED) is 0.838. The molecule has 0 aromatic carbocycles. The number of aryl methyl sites for hydroxylation is 1. The number of nitrogens with zero attached hydrogens (tertiary/aromatic N) is 1. The third kappa shape index (κ3) is 2.81. The van der Waals surface area contributed by atoms with Crippen molar-refractivity contribution in [1.82, 2.24) is 10.3 Å². The fourth-order valence-corrected chi connectivity index (χ4v) is 2.36. The molecule has 0 atom stereocenters. The molecule has 1 aliphatic rings. The van der Waals surface area contributed by atoms with Crippen molar-refractivity contribution in [2.45, 2.75) is 39.5 Å². The molecule has 1 aromatic rings. The monoisotopic (exact) mass is 247 g/mol. The highest BCUT2D eigenvalue weighted by atomic mass is 16.1. The van der Waals surface area contributed by atoms with Gasteiger partial charge in [-0.3, -0.25) is 9.78 Å². The van der Waals surface area contributed by atoms with Crippen molar-refractivity contribution in [3.63, 3.8) is 0 Å². The van der Waals surface area contributed by atoms with E-state index in [4.69, 9.17) is 5.73 Å². The first kappa shape index (κ1) is 12.9. The van der Waals surface area contributed by atoms with E-state index in [1.54, 1.807) is 12.3 Å². The lowest BCUT2D eigenvalue weighted by atomic mass is 10.0. The Kier molecular flexibility index (Phi) is 3.55. The van der Waals surface area contributed by atoms with Crippen LogP contribution in [0, 0.1) is 12.3 Å². The molecule has 1 heterocycles. The van der Waals surface area contributed by atoms with Crippen molar-refractivity contribution in [2.75, 3.05) is 12.3 Å². The molecule has 18 heavy (non-hydrogen) atoms. The number of carbonyl (C=O) groups is 1. The second-order valence-electron chi connectivity index (χ2n) is 5.35. The minimum Gasteiger partial charge on any atom is -0.398 e. The summed E-state index contributed by atoms with van der Waals surface area (Å²) in [7, 11) is 0. The van der Waals surface area contributed by atoms with Crippen LogP contribution in [-0.4, -0.2) is 17.4 Å². The van der Waals surface area contributed by atoms with Crippen molar-refractivity contribution < 1.29 is 4.79 Å². The van der Waals surface area contributed by atoms with Gasteiger partial charge in [0, 0.05) is 24.1 Å². The first-order valence-corrected chi connectivity index (χ1v) is 6.57. The number of nitrogens with one attached hydrogen (secondary N) is 1. The average Bonchev–Trinajstić information content (AvgIpc) is 3.07. The van der Waals surface area contributed by atoms with E-state index in [2.05, 4.69) is 17.2 Å². The van der Waals surface area contributed by atoms with Crippen LogP contribution in [0.4, 0.5) is 5.69 Å². The molecule has 3 N–H and O–H groups in total. The zero-order chi connectivity index (χ0) is 13.2. The smallest absolute Gasteiger partial charge is 0.254 e. The van der Waals surface area contributed by atoms with E-state index in [9.17, 15) is 4.79 Å². The van der Waals surface area contributed by atoms with Crippen LogP contribution < -0.4 is 11.1 Å². The Morgan fingerprint density at radius 3 is 2.83 bits per heavy atom. The highest BCUT2D eigenvalue weighted by Crippen LogP contribution is 2.48. The summed E-state index contributed by atoms with van der Waals surface area (Å²) in [6, 6.07) is 1.73. The van der Waals surface area contributed by atoms with Gasteiger partial charge in [-0.25, -0.2) is 0 Å². The van der Waals surface area contributed by atoms with Crippen molar-refractivity contribution in [1.29, 1.82) is 0 Å². The number of amides is 1. The molecule has 1 saturated carbocycles. The van der Waals surface area contributed by atoms with Gasteiger partial charge in [0.25, 0.3) is 5.91 Å². The van der Waals surface area contributed by atoms with E-state index in [0.717, 1.165) is 12.2 Å². The van der Waals surface area contributed by atoms with Crippen LogP contribution in [0.25, 0.3) is 0 Å². The summed E-state index contributed by atoms with van der Waals surface area (Å²) in [6.07, 6.45) is 6.36. The number of hydrogen-bond acceptors (Lipinski definition) is 3. The van der Waals surface area contributed by atoms with Gasteiger partial charge in [0.05, 0.1) is 5.56 Å². The Labute approximate surface area is 108 Å². The molecule has 0 spiro atoms. The molecule has 1 aliphatic carbocycles. The van der Waals surface area contributed by atoms with Gasteiger partial charge < -0.3 is 11.1 Å². The van der Waals surface area contributed by atoms with Crippen LogP contribution in [-0.2, 0) is 0 Å². The lowest BCUT2D eigenvalue weighted by Gasteiger charge is -2.15. The first-order valence-electron chi connectivity index (χ1n) is 6.57. The van der Waals surface area contributed by atoms with Crippen molar-refractivity contribution in [2.24, 2.45) is 5.41 Å². The van der Waals surface area contributed by atoms with Gasteiger partial charge in [-0.15, -0.1) is 0 Å². The van der Waals surface area contributed by atoms with Crippen LogP contribution in [0.2, 0.25) is 0 Å². The van der Waals surface area contributed by atoms with Crippen LogP contribution in [0.1, 0.15) is 48.7 Å². The van der Waals surface area contributed by atoms with E-state index in [0.29, 0.717) is 16.7 Å². The van der Waals surface area contributed by atoms with Crippen LogP contribution >= 0.6 is 0 Å². The zero-order valence-corrected chi connectivity index (χ0v) is 11.1. The van der Waals surface area contributed by atoms with Gasteiger partial charge >= 0.3 is 0 Å². The Bertz CT molecular complexity index is 452. The third-order valence-corrected chi connectivity index (χ3v) is 3.68. The number of pyridine rings is 1. The lowest BCUT2D eigenvalue weighted by molar-refractivity contribution is 0.0944. The highest BCUT2D eigenvalue weighted by molar-refractivity contribution is 5.98. The van der Waals surface area contributed by atoms with Gasteiger partial charge in [0.2, 0.25) is 0 Å². The first-order chi connectivity index (χ1) is 8.56. The number of nitrogen functional groups attached to an aromatic ring is 1. The summed E-state index contributed by atoms with van der Waals surface area (Å²) >= 11 is 0. The molecule has 0 bridgehead atoms. The number of nitrogens with two attached hydrogens (primary N) is 1. The average molecular weight is 247 g/mol. The summed E-state index contributed by atoms with van der Waals surface area (Å²) in [4.78, 5) is 16.1. The number of carbonyl (C=O) groups excluding carboxylic acids is 1. The zero-order valence-electron chi connectivity index (χ0n) is 11.1. The van der Waals surface area contributed by atoms with E-state index >= 15 is 0 Å². The Morgan fingerprint density at radius 2 is 2.28 bits per heavy atom. The maximum absolute atomic E-state index is 12.0. The molecule has 98 valence electrons. The molecule has 1 amide bonds. The van der Waals surface area contributed by atoms with Crippen molar-refractivity contribution in [3.8, 4) is 0 Å². The molecule has 4 nitrogen and oxygen atoms in total. The second kappa shape index (κ2) is 4.96. The van der Waals surface area contributed by atoms with Crippen LogP contribution in [0.15, 0.2) is 12.3 Å². The number of anilines is 1. The summed E-state index contributed by atoms with van der Waals surface area (Å²) in [5.41, 5.74) is 8.00. The molecule has 4 heteroatoms. The van der Waals surface area contributed by atoms with E-state index < -0.39 is 0 Å². The Morgan fingerprint density at radius 1 is 1.56 bits per heavy atom. The van der Waals surface area contributed by atoms with Crippen molar-refractivity contribution in [3.05, 3.63) is 23.5 Å². The lowest BCUT2D eigenvalue weighted by Crippen LogP contribution is -2.30. The van der Waals surface area contributed by atoms with Gasteiger partial charge in [0.15, 0.2) is 0 Å². The standard InChI is InChI=1S/C14H21N3O/c1-3-4-14(5-6-14)9-17-13(18)11-8-16-10(2)7-12(11)15/h7-8H,3-6,9H2,1-2H3,(H2,15,16)(H,17,18). The Balaban J connectivity index is 1.96. The largest absolute Gasteiger partial charge is 0.398 e. The summed E-state index contributed by atoms with van der Waals surface area (Å²) < 4.78 is 0. The fourth-order valence-electron chi connectivity index (χ4n) is 2.36. The maximum Gasteiger partial charge on any atom is 0.254 e. The minimum absolute atomic E-state index is 0.109. The van der Waals surface area contributed by atoms with Gasteiger partial charge in [-0.2, -0.15) is 0 Å². The highest BCUT2D eigenvalue weighted by Gasteiger charge is 2.41. The molecule has 0 unspecified atom stereocenters. The van der Waals surface area contributed by atoms with E-state index in [1.165, 1.54) is 25.7 Å². The van der Waals surface area contributed by atoms with E-state index in [-0.39, 0.29) is 5.91 Å². The molecule has 1 aromatic heterocycles. The van der Waals surface area contributed by atoms with Gasteiger partial charge in [-0.1, -0.05) is 13.3 Å². The fraction of sp³-hybridized carbons (Fsp3) is 0.571. The summed E-state index contributed by atoms with van der Waals surface area (Å²) in [5.74, 6) is -0.109. The minimum atomic E-state index is -0.109. The summed E-state index contributed by atoms with van der Waals surface area (Å²) in [5, 5.41) is 2.99. The molecule has 0 aliphatic heterocycles. The topological polar surface area (TPSA) is 68.0 Å². The molecular formula is C14H21N3O.